The van der Waals surface area contributed by atoms with Crippen molar-refractivity contribution in [3.8, 4) is 0 Å². The number of ether oxygens (including phenoxy) is 1. The fourth-order valence-corrected chi connectivity index (χ4v) is 2.39. The molecule has 114 valence electrons. The standard InChI is InChI=1S/C13H22N4O2.ClH/c1-13(5-4-6-19-13)9-15-12(18)11(14-2)10-7-16-17(3)8-10;/h7-8,11,14H,4-6,9H2,1-3H3,(H,15,18);1H. The van der Waals surface area contributed by atoms with Gasteiger partial charge in [0.15, 0.2) is 0 Å². The lowest BCUT2D eigenvalue weighted by atomic mass is 10.0. The van der Waals surface area contributed by atoms with Crippen LogP contribution < -0.4 is 10.6 Å². The van der Waals surface area contributed by atoms with Crippen molar-refractivity contribution in [2.45, 2.75) is 31.4 Å². The summed E-state index contributed by atoms with van der Waals surface area (Å²) in [6, 6.07) is -0.376. The number of amides is 1. The van der Waals surface area contributed by atoms with Crippen LogP contribution in [0.15, 0.2) is 12.4 Å². The molecule has 2 N–H and O–H groups in total. The highest BCUT2D eigenvalue weighted by Crippen LogP contribution is 2.24. The van der Waals surface area contributed by atoms with Gasteiger partial charge in [-0.2, -0.15) is 5.10 Å². The molecule has 2 atom stereocenters. The minimum atomic E-state index is -0.376. The highest BCUT2D eigenvalue weighted by atomic mass is 35.5. The third kappa shape index (κ3) is 3.94. The van der Waals surface area contributed by atoms with Gasteiger partial charge in [-0.3, -0.25) is 9.48 Å². The highest BCUT2D eigenvalue weighted by Gasteiger charge is 2.31. The number of nitrogens with zero attached hydrogens (tertiary/aromatic N) is 2. The molecule has 2 rings (SSSR count). The fraction of sp³-hybridized carbons (Fsp3) is 0.692. The van der Waals surface area contributed by atoms with Crippen LogP contribution in [0.2, 0.25) is 0 Å². The number of hydrogen-bond donors (Lipinski definition) is 2. The Bertz CT molecular complexity index is 443. The van der Waals surface area contributed by atoms with E-state index in [0.29, 0.717) is 6.54 Å². The van der Waals surface area contributed by atoms with E-state index in [9.17, 15) is 4.79 Å². The molecule has 2 heterocycles. The van der Waals surface area contributed by atoms with Crippen molar-refractivity contribution in [3.05, 3.63) is 18.0 Å². The first-order chi connectivity index (χ1) is 9.04. The van der Waals surface area contributed by atoms with Gasteiger partial charge in [0.2, 0.25) is 5.91 Å². The molecule has 2 unspecified atom stereocenters. The minimum absolute atomic E-state index is 0. The molecular formula is C13H23ClN4O2. The molecule has 20 heavy (non-hydrogen) atoms. The van der Waals surface area contributed by atoms with E-state index in [2.05, 4.69) is 15.7 Å². The van der Waals surface area contributed by atoms with Crippen molar-refractivity contribution in [1.82, 2.24) is 20.4 Å². The van der Waals surface area contributed by atoms with E-state index in [1.165, 1.54) is 0 Å². The zero-order valence-electron chi connectivity index (χ0n) is 12.2. The number of carbonyl (C=O) groups is 1. The van der Waals surface area contributed by atoms with Gasteiger partial charge in [0.25, 0.3) is 0 Å². The molecule has 6 nitrogen and oxygen atoms in total. The van der Waals surface area contributed by atoms with Crippen LogP contribution in [0, 0.1) is 0 Å². The molecule has 1 aromatic rings. The summed E-state index contributed by atoms with van der Waals surface area (Å²) in [5, 5.41) is 10.1. The van der Waals surface area contributed by atoms with E-state index in [1.54, 1.807) is 17.9 Å². The quantitative estimate of drug-likeness (QED) is 0.844. The summed E-state index contributed by atoms with van der Waals surface area (Å²) in [7, 11) is 3.60. The average molecular weight is 303 g/mol. The Hall–Kier alpha value is -1.11. The molecule has 1 fully saturated rings. The molecule has 1 saturated heterocycles. The largest absolute Gasteiger partial charge is 0.373 e. The number of aryl methyl sites for hydroxylation is 1. The van der Waals surface area contributed by atoms with Crippen molar-refractivity contribution in [2.75, 3.05) is 20.2 Å². The van der Waals surface area contributed by atoms with Crippen LogP contribution in [0.5, 0.6) is 0 Å². The molecule has 1 aromatic heterocycles. The number of halogens is 1. The van der Waals surface area contributed by atoms with Crippen molar-refractivity contribution >= 4 is 18.3 Å². The summed E-state index contributed by atoms with van der Waals surface area (Å²) in [5.41, 5.74) is 0.642. The van der Waals surface area contributed by atoms with Gasteiger partial charge in [0, 0.05) is 32.0 Å². The number of carbonyl (C=O) groups excluding carboxylic acids is 1. The lowest BCUT2D eigenvalue weighted by Gasteiger charge is -2.24. The summed E-state index contributed by atoms with van der Waals surface area (Å²) < 4.78 is 7.35. The number of rotatable bonds is 5. The van der Waals surface area contributed by atoms with Gasteiger partial charge < -0.3 is 15.4 Å². The van der Waals surface area contributed by atoms with Crippen LogP contribution in [0.3, 0.4) is 0 Å². The molecule has 0 saturated carbocycles. The summed E-state index contributed by atoms with van der Waals surface area (Å²) in [6.07, 6.45) is 5.60. The second-order valence-electron chi connectivity index (χ2n) is 5.29. The molecule has 0 aromatic carbocycles. The summed E-state index contributed by atoms with van der Waals surface area (Å²) in [4.78, 5) is 12.2. The average Bonchev–Trinajstić information content (AvgIpc) is 2.98. The van der Waals surface area contributed by atoms with Gasteiger partial charge in [-0.1, -0.05) is 0 Å². The molecule has 1 aliphatic heterocycles. The number of nitrogens with one attached hydrogen (secondary N) is 2. The zero-order valence-corrected chi connectivity index (χ0v) is 13.0. The Morgan fingerprint density at radius 3 is 2.90 bits per heavy atom. The first-order valence-corrected chi connectivity index (χ1v) is 6.61. The zero-order chi connectivity index (χ0) is 13.9. The monoisotopic (exact) mass is 302 g/mol. The van der Waals surface area contributed by atoms with E-state index in [-0.39, 0.29) is 30.0 Å². The van der Waals surface area contributed by atoms with Crippen molar-refractivity contribution in [1.29, 1.82) is 0 Å². The lowest BCUT2D eigenvalue weighted by Crippen LogP contribution is -2.44. The molecule has 1 amide bonds. The van der Waals surface area contributed by atoms with Crippen LogP contribution >= 0.6 is 12.4 Å². The van der Waals surface area contributed by atoms with Crippen molar-refractivity contribution in [3.63, 3.8) is 0 Å². The fourth-order valence-electron chi connectivity index (χ4n) is 2.39. The Kier molecular flexibility index (Phi) is 5.98. The topological polar surface area (TPSA) is 68.2 Å². The Morgan fingerprint density at radius 2 is 2.40 bits per heavy atom. The Morgan fingerprint density at radius 1 is 1.65 bits per heavy atom. The third-order valence-corrected chi connectivity index (χ3v) is 3.55. The van der Waals surface area contributed by atoms with E-state index < -0.39 is 0 Å². The number of likely N-dealkylation sites (N-methyl/N-ethyl adjacent to an activating group) is 1. The predicted octanol–water partition coefficient (Wildman–Crippen LogP) is 0.788. The molecular weight excluding hydrogens is 280 g/mol. The van der Waals surface area contributed by atoms with Crippen LogP contribution in [0.25, 0.3) is 0 Å². The molecule has 7 heteroatoms. The summed E-state index contributed by atoms with van der Waals surface area (Å²) >= 11 is 0. The van der Waals surface area contributed by atoms with Gasteiger partial charge in [-0.05, 0) is 26.8 Å². The van der Waals surface area contributed by atoms with Crippen molar-refractivity contribution < 1.29 is 9.53 Å². The third-order valence-electron chi connectivity index (χ3n) is 3.55. The maximum absolute atomic E-state index is 12.2. The molecule has 0 aliphatic carbocycles. The lowest BCUT2D eigenvalue weighted by molar-refractivity contribution is -0.124. The first kappa shape index (κ1) is 16.9. The minimum Gasteiger partial charge on any atom is -0.373 e. The molecule has 1 aliphatic rings. The SMILES string of the molecule is CNC(C(=O)NCC1(C)CCCO1)c1cnn(C)c1.Cl. The summed E-state index contributed by atoms with van der Waals surface area (Å²) in [6.45, 7) is 3.37. The van der Waals surface area contributed by atoms with E-state index >= 15 is 0 Å². The maximum atomic E-state index is 12.2. The van der Waals surface area contributed by atoms with Crippen molar-refractivity contribution in [2.24, 2.45) is 7.05 Å². The molecule has 0 radical (unpaired) electrons. The Balaban J connectivity index is 0.00000200. The summed E-state index contributed by atoms with van der Waals surface area (Å²) in [5.74, 6) is -0.0489. The van der Waals surface area contributed by atoms with Gasteiger partial charge in [-0.25, -0.2) is 0 Å². The number of hydrogen-bond acceptors (Lipinski definition) is 4. The number of aromatic nitrogens is 2. The van der Waals surface area contributed by atoms with Gasteiger partial charge in [-0.15, -0.1) is 12.4 Å². The smallest absolute Gasteiger partial charge is 0.241 e. The van der Waals surface area contributed by atoms with E-state index in [0.717, 1.165) is 25.0 Å². The normalized spacial score (nSPS) is 23.1. The second kappa shape index (κ2) is 7.06. The maximum Gasteiger partial charge on any atom is 0.241 e. The van der Waals surface area contributed by atoms with Gasteiger partial charge >= 0.3 is 0 Å². The van der Waals surface area contributed by atoms with E-state index in [4.69, 9.17) is 4.74 Å². The van der Waals surface area contributed by atoms with Gasteiger partial charge in [0.1, 0.15) is 6.04 Å². The van der Waals surface area contributed by atoms with Crippen LogP contribution in [-0.2, 0) is 16.6 Å². The van der Waals surface area contributed by atoms with Crippen LogP contribution in [0.4, 0.5) is 0 Å². The van der Waals surface area contributed by atoms with Gasteiger partial charge in [0.05, 0.1) is 11.8 Å². The highest BCUT2D eigenvalue weighted by molar-refractivity contribution is 5.85. The molecule has 0 bridgehead atoms. The second-order valence-corrected chi connectivity index (χ2v) is 5.29. The van der Waals surface area contributed by atoms with Crippen LogP contribution in [0.1, 0.15) is 31.4 Å². The molecule has 0 spiro atoms. The van der Waals surface area contributed by atoms with E-state index in [1.807, 2.05) is 20.2 Å². The first-order valence-electron chi connectivity index (χ1n) is 6.61. The predicted molar refractivity (Wildman–Crippen MR) is 78.9 cm³/mol. The van der Waals surface area contributed by atoms with Crippen LogP contribution in [-0.4, -0.2) is 41.5 Å². The Labute approximate surface area is 125 Å².